The van der Waals surface area contributed by atoms with Crippen LogP contribution < -0.4 is 15.4 Å². The average molecular weight is 436 g/mol. The van der Waals surface area contributed by atoms with Crippen molar-refractivity contribution in [1.29, 1.82) is 0 Å². The van der Waals surface area contributed by atoms with Crippen LogP contribution in [-0.4, -0.2) is 67.7 Å². The van der Waals surface area contributed by atoms with E-state index in [-0.39, 0.29) is 12.5 Å². The molecule has 0 spiro atoms. The summed E-state index contributed by atoms with van der Waals surface area (Å²) in [5.74, 6) is -1.98. The smallest absolute Gasteiger partial charge is 0.252 e. The maximum absolute atomic E-state index is 12.9. The fraction of sp³-hybridized carbons (Fsp3) is 0.619. The number of anilines is 1. The zero-order valence-electron chi connectivity index (χ0n) is 18.2. The molecule has 1 aromatic rings. The van der Waals surface area contributed by atoms with Crippen molar-refractivity contribution in [3.63, 3.8) is 0 Å². The Kier molecular flexibility index (Phi) is 5.69. The minimum atomic E-state index is -1.01. The van der Waals surface area contributed by atoms with E-state index in [1.165, 1.54) is 0 Å². The first-order chi connectivity index (χ1) is 14.6. The molecule has 3 fully saturated rings. The van der Waals surface area contributed by atoms with Gasteiger partial charge in [0.1, 0.15) is 24.1 Å². The highest BCUT2D eigenvalue weighted by Crippen LogP contribution is 2.44. The summed E-state index contributed by atoms with van der Waals surface area (Å²) in [6.07, 6.45) is -3.56. The Bertz CT molecular complexity index is 840. The van der Waals surface area contributed by atoms with Crippen LogP contribution in [0.4, 0.5) is 5.69 Å². The molecule has 3 aliphatic heterocycles. The van der Waals surface area contributed by atoms with E-state index >= 15 is 0 Å². The predicted octanol–water partition coefficient (Wildman–Crippen LogP) is 1.15. The van der Waals surface area contributed by atoms with Crippen LogP contribution in [0.25, 0.3) is 0 Å². The number of amides is 2. The summed E-state index contributed by atoms with van der Waals surface area (Å²) in [5, 5.41) is 5.31. The zero-order chi connectivity index (χ0) is 22.4. The molecule has 5 atom stereocenters. The summed E-state index contributed by atoms with van der Waals surface area (Å²) in [4.78, 5) is 25.1. The van der Waals surface area contributed by atoms with Gasteiger partial charge < -0.3 is 39.1 Å². The monoisotopic (exact) mass is 436 g/mol. The van der Waals surface area contributed by atoms with Crippen molar-refractivity contribution < 1.29 is 38.0 Å². The Morgan fingerprint density at radius 2 is 1.55 bits per heavy atom. The summed E-state index contributed by atoms with van der Waals surface area (Å²) in [5.41, 5.74) is 0.588. The van der Waals surface area contributed by atoms with E-state index in [2.05, 4.69) is 10.6 Å². The Balaban J connectivity index is 1.38. The number of methoxy groups -OCH3 is 1. The summed E-state index contributed by atoms with van der Waals surface area (Å²) in [7, 11) is 1.56. The largest absolute Gasteiger partial charge is 0.497 e. The molecule has 2 amide bonds. The van der Waals surface area contributed by atoms with Crippen LogP contribution in [0.2, 0.25) is 0 Å². The summed E-state index contributed by atoms with van der Waals surface area (Å²) < 4.78 is 34.6. The van der Waals surface area contributed by atoms with Crippen molar-refractivity contribution in [3.8, 4) is 5.75 Å². The molecule has 0 radical (unpaired) electrons. The van der Waals surface area contributed by atoms with Crippen LogP contribution in [0.1, 0.15) is 27.7 Å². The molecule has 10 nitrogen and oxygen atoms in total. The average Bonchev–Trinajstić information content (AvgIpc) is 3.19. The highest BCUT2D eigenvalue weighted by molar-refractivity contribution is 5.95. The van der Waals surface area contributed by atoms with Crippen LogP contribution in [0.3, 0.4) is 0 Å². The van der Waals surface area contributed by atoms with Crippen molar-refractivity contribution in [3.05, 3.63) is 24.3 Å². The number of hydrogen-bond acceptors (Lipinski definition) is 8. The van der Waals surface area contributed by atoms with Crippen LogP contribution >= 0.6 is 0 Å². The second-order valence-corrected chi connectivity index (χ2v) is 8.58. The molecule has 1 aromatic carbocycles. The minimum absolute atomic E-state index is 0.233. The van der Waals surface area contributed by atoms with Gasteiger partial charge in [-0.3, -0.25) is 9.59 Å². The lowest BCUT2D eigenvalue weighted by molar-refractivity contribution is -0.231. The van der Waals surface area contributed by atoms with E-state index < -0.39 is 48.2 Å². The maximum atomic E-state index is 12.9. The minimum Gasteiger partial charge on any atom is -0.497 e. The van der Waals surface area contributed by atoms with E-state index in [1.807, 2.05) is 0 Å². The van der Waals surface area contributed by atoms with E-state index in [1.54, 1.807) is 59.1 Å². The molecule has 0 saturated carbocycles. The van der Waals surface area contributed by atoms with Gasteiger partial charge in [0.15, 0.2) is 24.0 Å². The fourth-order valence-electron chi connectivity index (χ4n) is 3.97. The van der Waals surface area contributed by atoms with Crippen molar-refractivity contribution in [2.24, 2.45) is 0 Å². The zero-order valence-corrected chi connectivity index (χ0v) is 18.2. The Labute approximate surface area is 180 Å². The number of benzene rings is 1. The molecular formula is C21H28N2O8. The lowest BCUT2D eigenvalue weighted by Crippen LogP contribution is -2.59. The van der Waals surface area contributed by atoms with Gasteiger partial charge in [-0.05, 0) is 52.0 Å². The van der Waals surface area contributed by atoms with Crippen LogP contribution in [0.5, 0.6) is 5.75 Å². The number of nitrogens with one attached hydrogen (secondary N) is 2. The van der Waals surface area contributed by atoms with Gasteiger partial charge in [-0.15, -0.1) is 0 Å². The molecule has 0 bridgehead atoms. The first-order valence-corrected chi connectivity index (χ1v) is 10.2. The fourth-order valence-corrected chi connectivity index (χ4v) is 3.97. The van der Waals surface area contributed by atoms with Crippen molar-refractivity contribution in [1.82, 2.24) is 5.32 Å². The molecule has 3 heterocycles. The Morgan fingerprint density at radius 1 is 0.935 bits per heavy atom. The molecule has 10 heteroatoms. The van der Waals surface area contributed by atoms with E-state index in [9.17, 15) is 9.59 Å². The predicted molar refractivity (Wildman–Crippen MR) is 107 cm³/mol. The Morgan fingerprint density at radius 3 is 2.23 bits per heavy atom. The summed E-state index contributed by atoms with van der Waals surface area (Å²) in [6, 6.07) is 6.87. The summed E-state index contributed by atoms with van der Waals surface area (Å²) in [6.45, 7) is 6.83. The third-order valence-electron chi connectivity index (χ3n) is 5.21. The normalized spacial score (nSPS) is 32.6. The summed E-state index contributed by atoms with van der Waals surface area (Å²) >= 11 is 0. The maximum Gasteiger partial charge on any atom is 0.252 e. The van der Waals surface area contributed by atoms with Crippen molar-refractivity contribution >= 4 is 17.5 Å². The van der Waals surface area contributed by atoms with Crippen LogP contribution in [0.15, 0.2) is 24.3 Å². The molecule has 170 valence electrons. The second-order valence-electron chi connectivity index (χ2n) is 8.58. The van der Waals surface area contributed by atoms with Gasteiger partial charge in [0.2, 0.25) is 5.91 Å². The third-order valence-corrected chi connectivity index (χ3v) is 5.21. The second kappa shape index (κ2) is 8.03. The van der Waals surface area contributed by atoms with E-state index in [0.717, 1.165) is 0 Å². The van der Waals surface area contributed by atoms with Gasteiger partial charge in [-0.2, -0.15) is 0 Å². The van der Waals surface area contributed by atoms with Gasteiger partial charge in [0.05, 0.1) is 13.7 Å². The molecule has 5 unspecified atom stereocenters. The number of carbonyl (C=O) groups is 2. The van der Waals surface area contributed by atoms with Crippen LogP contribution in [-0.2, 0) is 33.3 Å². The van der Waals surface area contributed by atoms with Gasteiger partial charge in [-0.1, -0.05) is 0 Å². The lowest BCUT2D eigenvalue weighted by atomic mass is 9.98. The molecular weight excluding hydrogens is 408 g/mol. The molecule has 3 aliphatic rings. The number of carbonyl (C=O) groups excluding carboxylic acids is 2. The molecule has 3 saturated heterocycles. The highest BCUT2D eigenvalue weighted by atomic mass is 16.9. The quantitative estimate of drug-likeness (QED) is 0.707. The number of rotatable bonds is 5. The molecule has 0 aromatic heterocycles. The molecule has 2 N–H and O–H groups in total. The van der Waals surface area contributed by atoms with Crippen LogP contribution in [0, 0.1) is 0 Å². The van der Waals surface area contributed by atoms with Crippen molar-refractivity contribution in [2.75, 3.05) is 19.0 Å². The number of fused-ring (bicyclic) bond motifs is 3. The molecule has 4 rings (SSSR count). The van der Waals surface area contributed by atoms with Gasteiger partial charge in [-0.25, -0.2) is 0 Å². The standard InChI is InChI=1S/C21H28N2O8/c1-20(2)28-14-15(29-20)17-19(31-21(3,4)30-17)27-16(14)18(25)22-10-13(24)23-11-6-8-12(26-5)9-7-11/h6-9,14-17,19H,10H2,1-5H3,(H,22,25)(H,23,24). The molecule has 31 heavy (non-hydrogen) atoms. The first-order valence-electron chi connectivity index (χ1n) is 10.2. The van der Waals surface area contributed by atoms with Gasteiger partial charge >= 0.3 is 0 Å². The number of ether oxygens (including phenoxy) is 6. The van der Waals surface area contributed by atoms with Gasteiger partial charge in [0.25, 0.3) is 5.91 Å². The van der Waals surface area contributed by atoms with E-state index in [4.69, 9.17) is 28.4 Å². The van der Waals surface area contributed by atoms with Gasteiger partial charge in [0, 0.05) is 5.69 Å². The van der Waals surface area contributed by atoms with E-state index in [0.29, 0.717) is 11.4 Å². The SMILES string of the molecule is COc1ccc(NC(=O)CNC(=O)C2OC3OC(C)(C)OC3C3OC(C)(C)OC23)cc1. The number of hydrogen-bond donors (Lipinski definition) is 2. The highest BCUT2D eigenvalue weighted by Gasteiger charge is 2.62. The third kappa shape index (κ3) is 4.68. The van der Waals surface area contributed by atoms with Crippen molar-refractivity contribution in [2.45, 2.75) is 70.0 Å². The topological polar surface area (TPSA) is 114 Å². The Hall–Kier alpha value is -2.24. The molecule has 0 aliphatic carbocycles. The first kappa shape index (κ1) is 22.0. The lowest BCUT2D eigenvalue weighted by Gasteiger charge is -2.36.